The molecule has 0 aromatic heterocycles. The summed E-state index contributed by atoms with van der Waals surface area (Å²) in [6.45, 7) is 0.900. The van der Waals surface area contributed by atoms with Crippen molar-refractivity contribution < 1.29 is 40.7 Å². The Morgan fingerprint density at radius 3 is 2.20 bits per heavy atom. The van der Waals surface area contributed by atoms with Gasteiger partial charge in [0.15, 0.2) is 20.9 Å². The lowest BCUT2D eigenvalue weighted by Gasteiger charge is -2.43. The van der Waals surface area contributed by atoms with E-state index in [1.807, 2.05) is 30.3 Å². The van der Waals surface area contributed by atoms with Gasteiger partial charge < -0.3 is 14.4 Å². The van der Waals surface area contributed by atoms with Crippen molar-refractivity contribution in [2.75, 3.05) is 19.7 Å². The first-order valence-electron chi connectivity index (χ1n) is 15.0. The molecule has 2 aliphatic heterocycles. The van der Waals surface area contributed by atoms with Gasteiger partial charge in [0.1, 0.15) is 11.6 Å². The van der Waals surface area contributed by atoms with E-state index in [1.165, 1.54) is 12.1 Å². The Hall–Kier alpha value is -3.16. The van der Waals surface area contributed by atoms with Gasteiger partial charge in [0.05, 0.1) is 16.9 Å². The summed E-state index contributed by atoms with van der Waals surface area (Å²) in [6, 6.07) is 13.6. The van der Waals surface area contributed by atoms with E-state index in [-0.39, 0.29) is 56.5 Å². The number of likely N-dealkylation sites (tertiary alicyclic amines) is 1. The van der Waals surface area contributed by atoms with Crippen LogP contribution >= 0.6 is 0 Å². The minimum absolute atomic E-state index is 0.00670. The second-order valence-electron chi connectivity index (χ2n) is 11.6. The first kappa shape index (κ1) is 32.2. The number of carbonyl (C=O) groups excluding carboxylic acids is 1. The van der Waals surface area contributed by atoms with Crippen LogP contribution < -0.4 is 10.2 Å². The summed E-state index contributed by atoms with van der Waals surface area (Å²) < 4.78 is 77.0. The second kappa shape index (κ2) is 13.5. The number of hydrogen-bond acceptors (Lipinski definition) is 7. The molecule has 240 valence electrons. The first-order chi connectivity index (χ1) is 21.0. The summed E-state index contributed by atoms with van der Waals surface area (Å²) in [4.78, 5) is 21.1. The lowest BCUT2D eigenvalue weighted by Crippen LogP contribution is -2.61. The SMILES string of the molecule is N=C(c1ccccc1)N1CCC(C(=O)NOC2CCCCO2)(S(=O)(=O)C2CCC(Oc3ccc(C(F)(F)F)cc3)CC2)CC1. The van der Waals surface area contributed by atoms with Crippen LogP contribution in [0.3, 0.4) is 0 Å². The van der Waals surface area contributed by atoms with Gasteiger partial charge >= 0.3 is 6.18 Å². The van der Waals surface area contributed by atoms with E-state index in [0.717, 1.165) is 25.0 Å². The van der Waals surface area contributed by atoms with Gasteiger partial charge in [0.25, 0.3) is 5.91 Å². The van der Waals surface area contributed by atoms with Crippen LogP contribution in [0.4, 0.5) is 13.2 Å². The van der Waals surface area contributed by atoms with Crippen molar-refractivity contribution >= 4 is 21.6 Å². The first-order valence-corrected chi connectivity index (χ1v) is 16.6. The molecule has 9 nitrogen and oxygen atoms in total. The fraction of sp³-hybridized carbons (Fsp3) is 0.548. The molecular weight excluding hydrogens is 599 g/mol. The van der Waals surface area contributed by atoms with Gasteiger partial charge in [-0.15, -0.1) is 0 Å². The molecule has 44 heavy (non-hydrogen) atoms. The Kier molecular flexibility index (Phi) is 9.86. The maximum absolute atomic E-state index is 14.3. The average molecular weight is 638 g/mol. The molecule has 1 unspecified atom stereocenters. The number of halogens is 3. The number of ether oxygens (including phenoxy) is 2. The summed E-state index contributed by atoms with van der Waals surface area (Å²) >= 11 is 0. The maximum atomic E-state index is 14.3. The number of alkyl halides is 3. The lowest BCUT2D eigenvalue weighted by atomic mass is 9.94. The molecule has 5 rings (SSSR count). The third kappa shape index (κ3) is 7.05. The Labute approximate surface area is 255 Å². The van der Waals surface area contributed by atoms with Crippen LogP contribution in [0, 0.1) is 5.41 Å². The van der Waals surface area contributed by atoms with Gasteiger partial charge in [0.2, 0.25) is 0 Å². The molecule has 0 bridgehead atoms. The highest BCUT2D eigenvalue weighted by atomic mass is 32.2. The van der Waals surface area contributed by atoms with Crippen LogP contribution in [-0.4, -0.2) is 67.1 Å². The summed E-state index contributed by atoms with van der Waals surface area (Å²) in [5.74, 6) is -0.166. The van der Waals surface area contributed by atoms with Crippen molar-refractivity contribution in [3.05, 3.63) is 65.7 Å². The summed E-state index contributed by atoms with van der Waals surface area (Å²) in [5.41, 5.74) is 2.35. The fourth-order valence-corrected chi connectivity index (χ4v) is 8.80. The third-order valence-electron chi connectivity index (χ3n) is 8.86. The Balaban J connectivity index is 1.27. The van der Waals surface area contributed by atoms with Crippen LogP contribution in [0.5, 0.6) is 5.75 Å². The van der Waals surface area contributed by atoms with Gasteiger partial charge in [-0.2, -0.15) is 13.2 Å². The van der Waals surface area contributed by atoms with E-state index >= 15 is 0 Å². The largest absolute Gasteiger partial charge is 0.490 e. The number of rotatable bonds is 8. The normalized spacial score (nSPS) is 24.3. The van der Waals surface area contributed by atoms with Crippen LogP contribution in [0.1, 0.15) is 68.9 Å². The van der Waals surface area contributed by atoms with Crippen LogP contribution in [0.15, 0.2) is 54.6 Å². The number of nitrogens with zero attached hydrogens (tertiary/aromatic N) is 1. The van der Waals surface area contributed by atoms with Crippen molar-refractivity contribution in [2.24, 2.45) is 0 Å². The highest BCUT2D eigenvalue weighted by Gasteiger charge is 2.56. The average Bonchev–Trinajstić information content (AvgIpc) is 3.04. The number of hydrogen-bond donors (Lipinski definition) is 2. The van der Waals surface area contributed by atoms with E-state index < -0.39 is 43.8 Å². The molecule has 1 saturated carbocycles. The Morgan fingerprint density at radius 1 is 0.955 bits per heavy atom. The zero-order chi connectivity index (χ0) is 31.4. The lowest BCUT2D eigenvalue weighted by molar-refractivity contribution is -0.202. The van der Waals surface area contributed by atoms with E-state index in [0.29, 0.717) is 31.4 Å². The highest BCUT2D eigenvalue weighted by molar-refractivity contribution is 7.94. The van der Waals surface area contributed by atoms with Crippen molar-refractivity contribution in [1.82, 2.24) is 10.4 Å². The van der Waals surface area contributed by atoms with Crippen LogP contribution in [0.2, 0.25) is 0 Å². The van der Waals surface area contributed by atoms with Crippen LogP contribution in [0.25, 0.3) is 0 Å². The monoisotopic (exact) mass is 637 g/mol. The predicted molar refractivity (Wildman–Crippen MR) is 157 cm³/mol. The summed E-state index contributed by atoms with van der Waals surface area (Å²) in [7, 11) is -4.04. The molecule has 0 radical (unpaired) electrons. The van der Waals surface area contributed by atoms with Gasteiger partial charge in [-0.05, 0) is 75.6 Å². The second-order valence-corrected chi connectivity index (χ2v) is 14.2. The van der Waals surface area contributed by atoms with Crippen molar-refractivity contribution in [3.8, 4) is 5.75 Å². The molecule has 2 saturated heterocycles. The minimum Gasteiger partial charge on any atom is -0.490 e. The molecule has 1 aliphatic carbocycles. The number of amides is 1. The molecule has 2 heterocycles. The number of benzene rings is 2. The summed E-state index contributed by atoms with van der Waals surface area (Å²) in [5, 5.41) is 7.85. The zero-order valence-corrected chi connectivity index (χ0v) is 25.2. The molecule has 3 aliphatic rings. The zero-order valence-electron chi connectivity index (χ0n) is 24.4. The summed E-state index contributed by atoms with van der Waals surface area (Å²) in [6.07, 6.45) is -1.86. The quantitative estimate of drug-likeness (QED) is 0.231. The number of piperidine rings is 1. The third-order valence-corrected chi connectivity index (χ3v) is 11.9. The molecule has 2 aromatic rings. The Bertz CT molecular complexity index is 1380. The molecule has 3 fully saturated rings. The van der Waals surface area contributed by atoms with E-state index in [9.17, 15) is 26.4 Å². The number of nitrogens with one attached hydrogen (secondary N) is 2. The number of sulfone groups is 1. The fourth-order valence-electron chi connectivity index (χ4n) is 6.22. The van der Waals surface area contributed by atoms with Gasteiger partial charge in [0, 0.05) is 31.7 Å². The predicted octanol–water partition coefficient (Wildman–Crippen LogP) is 5.24. The van der Waals surface area contributed by atoms with E-state index in [4.69, 9.17) is 19.7 Å². The molecule has 0 spiro atoms. The van der Waals surface area contributed by atoms with Crippen molar-refractivity contribution in [3.63, 3.8) is 0 Å². The topological polar surface area (TPSA) is 118 Å². The standard InChI is InChI=1S/C31H38F3N3O6S/c32-31(33,34)23-9-11-24(12-10-23)42-25-13-15-26(16-14-25)44(39,40)30(29(38)36-43-27-8-4-5-21-41-27)17-19-37(20-18-30)28(35)22-6-2-1-3-7-22/h1-3,6-7,9-12,25-27,35H,4-5,8,13-21H2,(H,36,38). The highest BCUT2D eigenvalue weighted by Crippen LogP contribution is 2.40. The Morgan fingerprint density at radius 2 is 1.61 bits per heavy atom. The molecule has 13 heteroatoms. The molecule has 2 N–H and O–H groups in total. The van der Waals surface area contributed by atoms with Crippen molar-refractivity contribution in [1.29, 1.82) is 5.41 Å². The molecule has 1 atom stereocenters. The smallest absolute Gasteiger partial charge is 0.416 e. The maximum Gasteiger partial charge on any atom is 0.416 e. The number of hydroxylamine groups is 1. The van der Waals surface area contributed by atoms with E-state index in [2.05, 4.69) is 5.48 Å². The van der Waals surface area contributed by atoms with Crippen LogP contribution in [-0.2, 0) is 30.4 Å². The van der Waals surface area contributed by atoms with Crippen molar-refractivity contribution in [2.45, 2.75) is 86.4 Å². The molecule has 2 aromatic carbocycles. The number of amidine groups is 1. The number of carbonyl (C=O) groups is 1. The molecule has 1 amide bonds. The van der Waals surface area contributed by atoms with Gasteiger partial charge in [-0.1, -0.05) is 30.3 Å². The molecular formula is C31H38F3N3O6S. The van der Waals surface area contributed by atoms with E-state index in [1.54, 1.807) is 4.90 Å². The van der Waals surface area contributed by atoms with Gasteiger partial charge in [-0.3, -0.25) is 10.2 Å². The minimum atomic E-state index is -4.44. The van der Waals surface area contributed by atoms with Gasteiger partial charge in [-0.25, -0.2) is 18.7 Å².